The molecule has 0 bridgehead atoms. The number of nitrogens with zero attached hydrogens (tertiary/aromatic N) is 2. The zero-order valence-electron chi connectivity index (χ0n) is 6.94. The number of rotatable bonds is 1. The average Bonchev–Trinajstić information content (AvgIpc) is 2.04. The van der Waals surface area contributed by atoms with Gasteiger partial charge in [0.15, 0.2) is 5.11 Å². The fraction of sp³-hybridized carbons (Fsp3) is 0.143. The van der Waals surface area contributed by atoms with E-state index in [-0.39, 0.29) is 11.0 Å². The van der Waals surface area contributed by atoms with Crippen molar-refractivity contribution in [2.24, 2.45) is 0 Å². The van der Waals surface area contributed by atoms with Crippen LogP contribution in [-0.2, 0) is 4.79 Å². The van der Waals surface area contributed by atoms with E-state index in [1.54, 1.807) is 18.5 Å². The Hall–Kier alpha value is -1.56. The van der Waals surface area contributed by atoms with Crippen molar-refractivity contribution >= 4 is 29.2 Å². The Bertz CT molecular complexity index is 314. The molecule has 1 rings (SSSR count). The van der Waals surface area contributed by atoms with Crippen LogP contribution >= 0.6 is 12.2 Å². The second-order valence-electron chi connectivity index (χ2n) is 2.21. The van der Waals surface area contributed by atoms with Crippen molar-refractivity contribution in [1.82, 2.24) is 15.3 Å². The van der Waals surface area contributed by atoms with E-state index in [2.05, 4.69) is 20.6 Å². The highest BCUT2D eigenvalue weighted by Crippen LogP contribution is 1.92. The number of hydrogen-bond donors (Lipinski definition) is 2. The zero-order chi connectivity index (χ0) is 9.68. The lowest BCUT2D eigenvalue weighted by molar-refractivity contribution is -0.117. The molecule has 5 nitrogen and oxygen atoms in total. The summed E-state index contributed by atoms with van der Waals surface area (Å²) < 4.78 is 0. The SMILES string of the molecule is CC(=O)NC(=S)Nc1ncccn1. The maximum absolute atomic E-state index is 10.6. The van der Waals surface area contributed by atoms with Crippen LogP contribution in [0.3, 0.4) is 0 Å². The van der Waals surface area contributed by atoms with E-state index in [4.69, 9.17) is 12.2 Å². The molecule has 0 saturated carbocycles. The summed E-state index contributed by atoms with van der Waals surface area (Å²) in [6, 6.07) is 1.69. The van der Waals surface area contributed by atoms with Gasteiger partial charge in [0.25, 0.3) is 0 Å². The van der Waals surface area contributed by atoms with E-state index in [1.165, 1.54) is 6.92 Å². The van der Waals surface area contributed by atoms with E-state index in [9.17, 15) is 4.79 Å². The van der Waals surface area contributed by atoms with Crippen molar-refractivity contribution in [2.45, 2.75) is 6.92 Å². The van der Waals surface area contributed by atoms with Gasteiger partial charge in [0, 0.05) is 19.3 Å². The first kappa shape index (κ1) is 9.53. The Kier molecular flexibility index (Phi) is 3.27. The summed E-state index contributed by atoms with van der Waals surface area (Å²) in [6.45, 7) is 1.37. The van der Waals surface area contributed by atoms with Crippen molar-refractivity contribution in [3.05, 3.63) is 18.5 Å². The third kappa shape index (κ3) is 3.57. The predicted molar refractivity (Wildman–Crippen MR) is 52.1 cm³/mol. The first-order valence-corrected chi connectivity index (χ1v) is 3.95. The van der Waals surface area contributed by atoms with Crippen molar-refractivity contribution in [3.8, 4) is 0 Å². The van der Waals surface area contributed by atoms with Crippen LogP contribution in [0.5, 0.6) is 0 Å². The second kappa shape index (κ2) is 4.46. The molecule has 0 aliphatic rings. The van der Waals surface area contributed by atoms with E-state index >= 15 is 0 Å². The minimum Gasteiger partial charge on any atom is -0.303 e. The lowest BCUT2D eigenvalue weighted by atomic mass is 10.6. The molecule has 0 aromatic carbocycles. The van der Waals surface area contributed by atoms with Gasteiger partial charge in [0.2, 0.25) is 11.9 Å². The van der Waals surface area contributed by atoms with Crippen LogP contribution in [-0.4, -0.2) is 21.0 Å². The molecule has 1 amide bonds. The molecule has 0 unspecified atom stereocenters. The highest BCUT2D eigenvalue weighted by atomic mass is 32.1. The van der Waals surface area contributed by atoms with Gasteiger partial charge in [0.1, 0.15) is 0 Å². The van der Waals surface area contributed by atoms with Crippen LogP contribution in [0.2, 0.25) is 0 Å². The minimum atomic E-state index is -0.228. The minimum absolute atomic E-state index is 0.193. The summed E-state index contributed by atoms with van der Waals surface area (Å²) in [6.07, 6.45) is 3.15. The van der Waals surface area contributed by atoms with Gasteiger partial charge >= 0.3 is 0 Å². The lowest BCUT2D eigenvalue weighted by Gasteiger charge is -2.04. The molecule has 0 saturated heterocycles. The summed E-state index contributed by atoms with van der Waals surface area (Å²) in [5.74, 6) is 0.134. The van der Waals surface area contributed by atoms with Gasteiger partial charge in [-0.2, -0.15) is 0 Å². The van der Waals surface area contributed by atoms with E-state index in [0.29, 0.717) is 5.95 Å². The number of hydrogen-bond acceptors (Lipinski definition) is 4. The number of aromatic nitrogens is 2. The molecular weight excluding hydrogens is 188 g/mol. The number of nitrogens with one attached hydrogen (secondary N) is 2. The predicted octanol–water partition coefficient (Wildman–Crippen LogP) is 0.309. The topological polar surface area (TPSA) is 66.9 Å². The van der Waals surface area contributed by atoms with Crippen LogP contribution in [0.1, 0.15) is 6.92 Å². The Morgan fingerprint density at radius 2 is 2.08 bits per heavy atom. The highest BCUT2D eigenvalue weighted by Gasteiger charge is 1.99. The van der Waals surface area contributed by atoms with Crippen molar-refractivity contribution in [2.75, 3.05) is 5.32 Å². The number of carbonyl (C=O) groups excluding carboxylic acids is 1. The van der Waals surface area contributed by atoms with Gasteiger partial charge < -0.3 is 10.6 Å². The maximum atomic E-state index is 10.6. The average molecular weight is 196 g/mol. The Morgan fingerprint density at radius 1 is 1.46 bits per heavy atom. The molecule has 0 atom stereocenters. The van der Waals surface area contributed by atoms with Crippen molar-refractivity contribution < 1.29 is 4.79 Å². The molecule has 6 heteroatoms. The number of thiocarbonyl (C=S) groups is 1. The molecule has 0 aliphatic carbocycles. The number of carbonyl (C=O) groups is 1. The standard InChI is InChI=1S/C7H8N4OS/c1-5(12)10-7(13)11-6-8-3-2-4-9-6/h2-4H,1H3,(H2,8,9,10,11,12,13). The monoisotopic (exact) mass is 196 g/mol. The van der Waals surface area contributed by atoms with E-state index < -0.39 is 0 Å². The summed E-state index contributed by atoms with van der Waals surface area (Å²) in [4.78, 5) is 18.3. The fourth-order valence-corrected chi connectivity index (χ4v) is 0.891. The fourth-order valence-electron chi connectivity index (χ4n) is 0.656. The first-order valence-electron chi connectivity index (χ1n) is 3.54. The Balaban J connectivity index is 2.50. The molecule has 0 spiro atoms. The molecule has 13 heavy (non-hydrogen) atoms. The van der Waals surface area contributed by atoms with Gasteiger partial charge in [-0.1, -0.05) is 0 Å². The van der Waals surface area contributed by atoms with Crippen LogP contribution < -0.4 is 10.6 Å². The van der Waals surface area contributed by atoms with Gasteiger partial charge in [-0.3, -0.25) is 4.79 Å². The van der Waals surface area contributed by atoms with Crippen LogP contribution in [0.25, 0.3) is 0 Å². The largest absolute Gasteiger partial charge is 0.303 e. The molecule has 68 valence electrons. The molecule has 1 heterocycles. The smallest absolute Gasteiger partial charge is 0.228 e. The normalized spacial score (nSPS) is 9.00. The van der Waals surface area contributed by atoms with Crippen LogP contribution in [0, 0.1) is 0 Å². The zero-order valence-corrected chi connectivity index (χ0v) is 7.76. The van der Waals surface area contributed by atoms with E-state index in [1.807, 2.05) is 0 Å². The third-order valence-electron chi connectivity index (χ3n) is 1.08. The molecule has 1 aromatic rings. The number of anilines is 1. The summed E-state index contributed by atoms with van der Waals surface area (Å²) in [5.41, 5.74) is 0. The van der Waals surface area contributed by atoms with Crippen molar-refractivity contribution in [3.63, 3.8) is 0 Å². The van der Waals surface area contributed by atoms with E-state index in [0.717, 1.165) is 0 Å². The Labute approximate surface area is 80.6 Å². The summed E-state index contributed by atoms with van der Waals surface area (Å²) in [7, 11) is 0. The first-order chi connectivity index (χ1) is 6.18. The summed E-state index contributed by atoms with van der Waals surface area (Å²) >= 11 is 4.79. The van der Waals surface area contributed by atoms with Crippen molar-refractivity contribution in [1.29, 1.82) is 0 Å². The van der Waals surface area contributed by atoms with Gasteiger partial charge in [-0.05, 0) is 18.3 Å². The van der Waals surface area contributed by atoms with Gasteiger partial charge in [0.05, 0.1) is 0 Å². The molecule has 0 aliphatic heterocycles. The van der Waals surface area contributed by atoms with Crippen LogP contribution in [0.15, 0.2) is 18.5 Å². The van der Waals surface area contributed by atoms with Gasteiger partial charge in [-0.15, -0.1) is 0 Å². The Morgan fingerprint density at radius 3 is 2.62 bits per heavy atom. The highest BCUT2D eigenvalue weighted by molar-refractivity contribution is 7.80. The van der Waals surface area contributed by atoms with Gasteiger partial charge in [-0.25, -0.2) is 9.97 Å². The molecule has 0 radical (unpaired) electrons. The molecular formula is C7H8N4OS. The summed E-state index contributed by atoms with van der Waals surface area (Å²) in [5, 5.41) is 5.24. The number of amides is 1. The molecule has 0 fully saturated rings. The lowest BCUT2D eigenvalue weighted by Crippen LogP contribution is -2.32. The molecule has 2 N–H and O–H groups in total. The second-order valence-corrected chi connectivity index (χ2v) is 2.62. The maximum Gasteiger partial charge on any atom is 0.228 e. The molecule has 1 aromatic heterocycles. The van der Waals surface area contributed by atoms with Crippen LogP contribution in [0.4, 0.5) is 5.95 Å². The third-order valence-corrected chi connectivity index (χ3v) is 1.28. The quantitative estimate of drug-likeness (QED) is 0.633.